The second-order valence-corrected chi connectivity index (χ2v) is 8.10. The smallest absolute Gasteiger partial charge is 0.183 e. The fraction of sp³-hybridized carbons (Fsp3) is 0.417. The Bertz CT molecular complexity index is 537. The average Bonchev–Trinajstić information content (AvgIpc) is 2.79. The molecule has 1 aliphatic rings. The van der Waals surface area contributed by atoms with Crippen LogP contribution in [0, 0.1) is 0 Å². The van der Waals surface area contributed by atoms with Gasteiger partial charge in [0.15, 0.2) is 5.13 Å². The van der Waals surface area contributed by atoms with Crippen LogP contribution in [0.5, 0.6) is 0 Å². The van der Waals surface area contributed by atoms with Gasteiger partial charge in [0.2, 0.25) is 0 Å². The van der Waals surface area contributed by atoms with Gasteiger partial charge < -0.3 is 5.32 Å². The number of thioether (sulfide) groups is 2. The highest BCUT2D eigenvalue weighted by Crippen LogP contribution is 2.29. The molecular formula is C12H13ClN2S3. The molecule has 18 heavy (non-hydrogen) atoms. The highest BCUT2D eigenvalue weighted by atomic mass is 35.5. The zero-order valence-electron chi connectivity index (χ0n) is 9.69. The standard InChI is InChI=1S/C12H13ClN2S3/c13-8-1-2-10-11(5-8)18-12(15-10)14-6-9-7-16-3-4-17-9/h1-2,5,9H,3-4,6-7H2,(H,14,15). The summed E-state index contributed by atoms with van der Waals surface area (Å²) in [5.74, 6) is 3.81. The lowest BCUT2D eigenvalue weighted by atomic mass is 10.3. The molecule has 1 saturated heterocycles. The molecule has 0 aliphatic carbocycles. The number of hydrogen-bond acceptors (Lipinski definition) is 5. The Hall–Kier alpha value is -0.100. The number of anilines is 1. The summed E-state index contributed by atoms with van der Waals surface area (Å²) < 4.78 is 1.15. The molecule has 0 bridgehead atoms. The third kappa shape index (κ3) is 3.07. The summed E-state index contributed by atoms with van der Waals surface area (Å²) >= 11 is 11.8. The number of thiazole rings is 1. The average molecular weight is 317 g/mol. The van der Waals surface area contributed by atoms with E-state index < -0.39 is 0 Å². The van der Waals surface area contributed by atoms with Crippen LogP contribution in [0.15, 0.2) is 18.2 Å². The largest absolute Gasteiger partial charge is 0.360 e. The summed E-state index contributed by atoms with van der Waals surface area (Å²) in [6, 6.07) is 5.84. The molecule has 1 atom stereocenters. The van der Waals surface area contributed by atoms with E-state index in [1.165, 1.54) is 17.3 Å². The van der Waals surface area contributed by atoms with Crippen molar-refractivity contribution in [2.45, 2.75) is 5.25 Å². The second kappa shape index (κ2) is 5.90. The van der Waals surface area contributed by atoms with Gasteiger partial charge in [0.05, 0.1) is 10.2 Å². The lowest BCUT2D eigenvalue weighted by Gasteiger charge is -2.20. The molecule has 2 heterocycles. The molecule has 1 aromatic heterocycles. The number of hydrogen-bond donors (Lipinski definition) is 1. The SMILES string of the molecule is Clc1ccc2nc(NCC3CSCCS3)sc2c1. The maximum Gasteiger partial charge on any atom is 0.183 e. The molecule has 1 aromatic carbocycles. The van der Waals surface area contributed by atoms with E-state index in [1.54, 1.807) is 11.3 Å². The molecule has 1 N–H and O–H groups in total. The van der Waals surface area contributed by atoms with E-state index in [0.717, 1.165) is 26.9 Å². The van der Waals surface area contributed by atoms with Crippen molar-refractivity contribution >= 4 is 61.8 Å². The van der Waals surface area contributed by atoms with Crippen molar-refractivity contribution in [1.82, 2.24) is 4.98 Å². The molecule has 0 spiro atoms. The molecule has 1 aliphatic heterocycles. The molecule has 3 rings (SSSR count). The van der Waals surface area contributed by atoms with Crippen molar-refractivity contribution in [2.24, 2.45) is 0 Å². The van der Waals surface area contributed by atoms with E-state index in [9.17, 15) is 0 Å². The van der Waals surface area contributed by atoms with Crippen molar-refractivity contribution in [3.8, 4) is 0 Å². The first-order chi connectivity index (χ1) is 8.81. The lowest BCUT2D eigenvalue weighted by molar-refractivity contribution is 1.00. The van der Waals surface area contributed by atoms with Crippen LogP contribution >= 0.6 is 46.5 Å². The van der Waals surface area contributed by atoms with Gasteiger partial charge in [0, 0.05) is 34.1 Å². The second-order valence-electron chi connectivity index (χ2n) is 4.08. The van der Waals surface area contributed by atoms with Crippen LogP contribution in [0.3, 0.4) is 0 Å². The number of aromatic nitrogens is 1. The maximum absolute atomic E-state index is 5.98. The number of rotatable bonds is 3. The minimum Gasteiger partial charge on any atom is -0.360 e. The molecule has 0 amide bonds. The van der Waals surface area contributed by atoms with Crippen molar-refractivity contribution < 1.29 is 0 Å². The summed E-state index contributed by atoms with van der Waals surface area (Å²) in [4.78, 5) is 4.57. The zero-order chi connectivity index (χ0) is 12.4. The van der Waals surface area contributed by atoms with Crippen LogP contribution < -0.4 is 5.32 Å². The number of halogens is 1. The Balaban J connectivity index is 1.67. The van der Waals surface area contributed by atoms with Crippen molar-refractivity contribution in [1.29, 1.82) is 0 Å². The normalized spacial score (nSPS) is 20.2. The van der Waals surface area contributed by atoms with E-state index in [4.69, 9.17) is 11.6 Å². The van der Waals surface area contributed by atoms with Crippen LogP contribution in [-0.4, -0.2) is 34.0 Å². The van der Waals surface area contributed by atoms with E-state index in [0.29, 0.717) is 5.25 Å². The van der Waals surface area contributed by atoms with Gasteiger partial charge in [-0.25, -0.2) is 4.98 Å². The van der Waals surface area contributed by atoms with Crippen LogP contribution in [-0.2, 0) is 0 Å². The van der Waals surface area contributed by atoms with Gasteiger partial charge in [-0.3, -0.25) is 0 Å². The number of fused-ring (bicyclic) bond motifs is 1. The van der Waals surface area contributed by atoms with E-state index in [1.807, 2.05) is 30.0 Å². The first kappa shape index (κ1) is 12.9. The highest BCUT2D eigenvalue weighted by molar-refractivity contribution is 8.06. The summed E-state index contributed by atoms with van der Waals surface area (Å²) in [6.45, 7) is 1.01. The Labute approximate surface area is 124 Å². The molecular weight excluding hydrogens is 304 g/mol. The number of benzene rings is 1. The van der Waals surface area contributed by atoms with E-state index in [-0.39, 0.29) is 0 Å². The summed E-state index contributed by atoms with van der Waals surface area (Å²) in [5, 5.41) is 5.94. The molecule has 1 unspecified atom stereocenters. The predicted molar refractivity (Wildman–Crippen MR) is 86.7 cm³/mol. The van der Waals surface area contributed by atoms with Crippen LogP contribution in [0.4, 0.5) is 5.13 Å². The molecule has 0 saturated carbocycles. The molecule has 6 heteroatoms. The maximum atomic E-state index is 5.98. The molecule has 2 nitrogen and oxygen atoms in total. The fourth-order valence-corrected chi connectivity index (χ4v) is 5.59. The minimum absolute atomic E-state index is 0.708. The van der Waals surface area contributed by atoms with Crippen molar-refractivity contribution in [3.63, 3.8) is 0 Å². The van der Waals surface area contributed by atoms with Crippen molar-refractivity contribution in [2.75, 3.05) is 29.1 Å². The summed E-state index contributed by atoms with van der Waals surface area (Å²) in [7, 11) is 0. The highest BCUT2D eigenvalue weighted by Gasteiger charge is 2.14. The summed E-state index contributed by atoms with van der Waals surface area (Å²) in [6.07, 6.45) is 0. The quantitative estimate of drug-likeness (QED) is 0.917. The lowest BCUT2D eigenvalue weighted by Crippen LogP contribution is -2.23. The van der Waals surface area contributed by atoms with Gasteiger partial charge in [-0.2, -0.15) is 23.5 Å². The van der Waals surface area contributed by atoms with Gasteiger partial charge in [-0.05, 0) is 18.2 Å². The van der Waals surface area contributed by atoms with Gasteiger partial charge >= 0.3 is 0 Å². The molecule has 0 radical (unpaired) electrons. The Morgan fingerprint density at radius 3 is 3.17 bits per heavy atom. The van der Waals surface area contributed by atoms with Crippen LogP contribution in [0.2, 0.25) is 5.02 Å². The van der Waals surface area contributed by atoms with E-state index >= 15 is 0 Å². The third-order valence-electron chi connectivity index (χ3n) is 2.72. The molecule has 96 valence electrons. The van der Waals surface area contributed by atoms with Gasteiger partial charge in [0.25, 0.3) is 0 Å². The minimum atomic E-state index is 0.708. The first-order valence-electron chi connectivity index (χ1n) is 5.80. The zero-order valence-corrected chi connectivity index (χ0v) is 12.9. The van der Waals surface area contributed by atoms with Gasteiger partial charge in [-0.1, -0.05) is 22.9 Å². The predicted octanol–water partition coefficient (Wildman–Crippen LogP) is 4.21. The van der Waals surface area contributed by atoms with Gasteiger partial charge in [0.1, 0.15) is 0 Å². The Morgan fingerprint density at radius 2 is 2.33 bits per heavy atom. The van der Waals surface area contributed by atoms with Crippen LogP contribution in [0.25, 0.3) is 10.2 Å². The number of nitrogens with one attached hydrogen (secondary N) is 1. The van der Waals surface area contributed by atoms with Crippen LogP contribution in [0.1, 0.15) is 0 Å². The van der Waals surface area contributed by atoms with Gasteiger partial charge in [-0.15, -0.1) is 0 Å². The van der Waals surface area contributed by atoms with Crippen molar-refractivity contribution in [3.05, 3.63) is 23.2 Å². The fourth-order valence-electron chi connectivity index (χ4n) is 1.83. The first-order valence-corrected chi connectivity index (χ1v) is 9.20. The third-order valence-corrected chi connectivity index (χ3v) is 6.77. The monoisotopic (exact) mass is 316 g/mol. The summed E-state index contributed by atoms with van der Waals surface area (Å²) in [5.41, 5.74) is 1.03. The topological polar surface area (TPSA) is 24.9 Å². The number of nitrogens with zero attached hydrogens (tertiary/aromatic N) is 1. The molecule has 1 fully saturated rings. The Morgan fingerprint density at radius 1 is 1.39 bits per heavy atom. The Kier molecular flexibility index (Phi) is 4.23. The molecule has 2 aromatic rings. The van der Waals surface area contributed by atoms with E-state index in [2.05, 4.69) is 22.1 Å².